The number of amides is 1. The minimum atomic E-state index is -4.05. The number of sulfonamides is 1. The SMILES string of the molecule is COc1ccc(CNC(=O)c2cccc(S(=O)(=O)N(C)c3ccccc3F)c2)cc1. The van der Waals surface area contributed by atoms with Crippen LogP contribution in [0.3, 0.4) is 0 Å². The van der Waals surface area contributed by atoms with Crippen LogP contribution in [0.5, 0.6) is 5.75 Å². The molecule has 0 atom stereocenters. The lowest BCUT2D eigenvalue weighted by molar-refractivity contribution is 0.0950. The fourth-order valence-corrected chi connectivity index (χ4v) is 4.07. The summed E-state index contributed by atoms with van der Waals surface area (Å²) in [6.07, 6.45) is 0. The van der Waals surface area contributed by atoms with Crippen molar-refractivity contribution in [2.45, 2.75) is 11.4 Å². The molecule has 8 heteroatoms. The van der Waals surface area contributed by atoms with Crippen LogP contribution in [0.1, 0.15) is 15.9 Å². The molecular weight excluding hydrogens is 407 g/mol. The molecule has 0 aromatic heterocycles. The number of rotatable bonds is 7. The molecule has 0 fully saturated rings. The minimum Gasteiger partial charge on any atom is -0.497 e. The number of ether oxygens (including phenoxy) is 1. The Labute approximate surface area is 175 Å². The number of anilines is 1. The Morgan fingerprint density at radius 3 is 2.40 bits per heavy atom. The van der Waals surface area contributed by atoms with E-state index >= 15 is 0 Å². The van der Waals surface area contributed by atoms with E-state index in [1.165, 1.54) is 49.5 Å². The fourth-order valence-electron chi connectivity index (χ4n) is 2.82. The lowest BCUT2D eigenvalue weighted by Gasteiger charge is -2.20. The van der Waals surface area contributed by atoms with E-state index in [0.29, 0.717) is 5.75 Å². The first-order valence-corrected chi connectivity index (χ1v) is 10.5. The number of carbonyl (C=O) groups is 1. The number of nitrogens with one attached hydrogen (secondary N) is 1. The van der Waals surface area contributed by atoms with Crippen molar-refractivity contribution in [3.05, 3.63) is 89.7 Å². The van der Waals surface area contributed by atoms with Crippen molar-refractivity contribution >= 4 is 21.6 Å². The highest BCUT2D eigenvalue weighted by molar-refractivity contribution is 7.92. The molecular formula is C22H21FN2O4S. The Morgan fingerprint density at radius 1 is 1.03 bits per heavy atom. The molecule has 0 spiro atoms. The van der Waals surface area contributed by atoms with Gasteiger partial charge in [-0.2, -0.15) is 0 Å². The predicted molar refractivity (Wildman–Crippen MR) is 113 cm³/mol. The second-order valence-electron chi connectivity index (χ2n) is 6.48. The van der Waals surface area contributed by atoms with Crippen molar-refractivity contribution in [3.63, 3.8) is 0 Å². The first-order valence-electron chi connectivity index (χ1n) is 9.07. The van der Waals surface area contributed by atoms with Crippen molar-refractivity contribution in [1.29, 1.82) is 0 Å². The van der Waals surface area contributed by atoms with Crippen molar-refractivity contribution in [3.8, 4) is 5.75 Å². The highest BCUT2D eigenvalue weighted by atomic mass is 32.2. The van der Waals surface area contributed by atoms with Crippen LogP contribution in [-0.4, -0.2) is 28.5 Å². The number of benzene rings is 3. The van der Waals surface area contributed by atoms with Crippen molar-refractivity contribution < 1.29 is 22.3 Å². The predicted octanol–water partition coefficient (Wildman–Crippen LogP) is 3.59. The lowest BCUT2D eigenvalue weighted by Crippen LogP contribution is -2.28. The molecule has 6 nitrogen and oxygen atoms in total. The normalized spacial score (nSPS) is 11.0. The van der Waals surface area contributed by atoms with E-state index in [4.69, 9.17) is 4.74 Å². The molecule has 1 amide bonds. The number of halogens is 1. The number of methoxy groups -OCH3 is 1. The van der Waals surface area contributed by atoms with E-state index < -0.39 is 21.7 Å². The largest absolute Gasteiger partial charge is 0.497 e. The lowest BCUT2D eigenvalue weighted by atomic mass is 10.2. The Balaban J connectivity index is 1.77. The zero-order valence-corrected chi connectivity index (χ0v) is 17.3. The first kappa shape index (κ1) is 21.3. The van der Waals surface area contributed by atoms with Gasteiger partial charge in [0.05, 0.1) is 17.7 Å². The summed E-state index contributed by atoms with van der Waals surface area (Å²) in [6, 6.07) is 18.4. The van der Waals surface area contributed by atoms with Gasteiger partial charge >= 0.3 is 0 Å². The maximum absolute atomic E-state index is 14.0. The van der Waals surface area contributed by atoms with Crippen LogP contribution in [0.25, 0.3) is 0 Å². The second-order valence-corrected chi connectivity index (χ2v) is 8.45. The van der Waals surface area contributed by atoms with Gasteiger partial charge in [0.1, 0.15) is 11.6 Å². The highest BCUT2D eigenvalue weighted by Gasteiger charge is 2.24. The quantitative estimate of drug-likeness (QED) is 0.624. The van der Waals surface area contributed by atoms with Crippen LogP contribution in [-0.2, 0) is 16.6 Å². The Bertz CT molecular complexity index is 1150. The third-order valence-corrected chi connectivity index (χ3v) is 6.33. The van der Waals surface area contributed by atoms with E-state index in [9.17, 15) is 17.6 Å². The Morgan fingerprint density at radius 2 is 1.73 bits per heavy atom. The monoisotopic (exact) mass is 428 g/mol. The molecule has 3 aromatic carbocycles. The Hall–Kier alpha value is -3.39. The molecule has 30 heavy (non-hydrogen) atoms. The molecule has 0 aliphatic rings. The summed E-state index contributed by atoms with van der Waals surface area (Å²) in [5, 5.41) is 2.75. The second kappa shape index (κ2) is 8.96. The number of nitrogens with zero attached hydrogens (tertiary/aromatic N) is 1. The molecule has 3 rings (SSSR count). The average Bonchev–Trinajstić information content (AvgIpc) is 2.77. The summed E-state index contributed by atoms with van der Waals surface area (Å²) in [5.41, 5.74) is 0.977. The molecule has 1 N–H and O–H groups in total. The summed E-state index contributed by atoms with van der Waals surface area (Å²) in [4.78, 5) is 12.4. The molecule has 0 aliphatic carbocycles. The van der Waals surface area contributed by atoms with Crippen LogP contribution in [0, 0.1) is 5.82 Å². The standard InChI is InChI=1S/C22H21FN2O4S/c1-25(21-9-4-3-8-20(21)23)30(27,28)19-7-5-6-17(14-19)22(26)24-15-16-10-12-18(29-2)13-11-16/h3-14H,15H2,1-2H3,(H,24,26). The van der Waals surface area contributed by atoms with Crippen molar-refractivity contribution in [2.75, 3.05) is 18.5 Å². The van der Waals surface area contributed by atoms with E-state index in [1.54, 1.807) is 25.3 Å². The van der Waals surface area contributed by atoms with Crippen LogP contribution in [0.2, 0.25) is 0 Å². The molecule has 0 heterocycles. The Kier molecular flexibility index (Phi) is 6.37. The molecule has 0 saturated heterocycles. The number of hydrogen-bond acceptors (Lipinski definition) is 4. The molecule has 0 bridgehead atoms. The third-order valence-electron chi connectivity index (χ3n) is 4.56. The van der Waals surface area contributed by atoms with E-state index in [0.717, 1.165) is 9.87 Å². The maximum atomic E-state index is 14.0. The zero-order valence-electron chi connectivity index (χ0n) is 16.5. The van der Waals surface area contributed by atoms with Crippen LogP contribution in [0.15, 0.2) is 77.7 Å². The summed E-state index contributed by atoms with van der Waals surface area (Å²) in [7, 11) is -1.21. The molecule has 156 valence electrons. The molecule has 0 radical (unpaired) electrons. The van der Waals surface area contributed by atoms with E-state index in [-0.39, 0.29) is 22.7 Å². The zero-order chi connectivity index (χ0) is 21.7. The van der Waals surface area contributed by atoms with Gasteiger partial charge < -0.3 is 10.1 Å². The fraction of sp³-hybridized carbons (Fsp3) is 0.136. The van der Waals surface area contributed by atoms with Gasteiger partial charge in [-0.3, -0.25) is 9.10 Å². The number of carbonyl (C=O) groups excluding carboxylic acids is 1. The third kappa shape index (κ3) is 4.60. The van der Waals surface area contributed by atoms with Gasteiger partial charge in [0.15, 0.2) is 0 Å². The summed E-state index contributed by atoms with van der Waals surface area (Å²) in [6.45, 7) is 0.273. The topological polar surface area (TPSA) is 75.7 Å². The van der Waals surface area contributed by atoms with Gasteiger partial charge in [-0.15, -0.1) is 0 Å². The summed E-state index contributed by atoms with van der Waals surface area (Å²) >= 11 is 0. The van der Waals surface area contributed by atoms with E-state index in [1.807, 2.05) is 12.1 Å². The smallest absolute Gasteiger partial charge is 0.264 e. The van der Waals surface area contributed by atoms with Gasteiger partial charge in [-0.25, -0.2) is 12.8 Å². The van der Waals surface area contributed by atoms with Crippen molar-refractivity contribution in [1.82, 2.24) is 5.32 Å². The molecule has 3 aromatic rings. The first-order chi connectivity index (χ1) is 14.3. The molecule has 0 unspecified atom stereocenters. The van der Waals surface area contributed by atoms with Gasteiger partial charge in [-0.05, 0) is 48.0 Å². The maximum Gasteiger partial charge on any atom is 0.264 e. The van der Waals surface area contributed by atoms with Crippen LogP contribution < -0.4 is 14.4 Å². The van der Waals surface area contributed by atoms with Gasteiger partial charge in [0.2, 0.25) is 0 Å². The summed E-state index contributed by atoms with van der Waals surface area (Å²) < 4.78 is 45.8. The number of hydrogen-bond donors (Lipinski definition) is 1. The number of para-hydroxylation sites is 1. The van der Waals surface area contributed by atoms with Gasteiger partial charge in [-0.1, -0.05) is 30.3 Å². The average molecular weight is 428 g/mol. The van der Waals surface area contributed by atoms with E-state index in [2.05, 4.69) is 5.32 Å². The summed E-state index contributed by atoms with van der Waals surface area (Å²) in [5.74, 6) is -0.365. The van der Waals surface area contributed by atoms with Gasteiger partial charge in [0, 0.05) is 19.2 Å². The van der Waals surface area contributed by atoms with Crippen LogP contribution in [0.4, 0.5) is 10.1 Å². The minimum absolute atomic E-state index is 0.0770. The molecule has 0 aliphatic heterocycles. The van der Waals surface area contributed by atoms with Crippen molar-refractivity contribution in [2.24, 2.45) is 0 Å². The highest BCUT2D eigenvalue weighted by Crippen LogP contribution is 2.25. The molecule has 0 saturated carbocycles. The van der Waals surface area contributed by atoms with Gasteiger partial charge in [0.25, 0.3) is 15.9 Å². The van der Waals surface area contributed by atoms with Crippen LogP contribution >= 0.6 is 0 Å².